The number of amides is 2. The minimum absolute atomic E-state index is 0.0607. The van der Waals surface area contributed by atoms with Gasteiger partial charge in [0.05, 0.1) is 0 Å². The Hall–Kier alpha value is -2.55. The zero-order chi connectivity index (χ0) is 22.2. The van der Waals surface area contributed by atoms with E-state index >= 15 is 0 Å². The molecule has 1 aromatic carbocycles. The number of piperazine rings is 1. The first-order chi connectivity index (χ1) is 15.0. The fourth-order valence-electron chi connectivity index (χ4n) is 3.54. The fraction of sp³-hybridized carbons (Fsp3) is 0.545. The second kappa shape index (κ2) is 11.2. The summed E-state index contributed by atoms with van der Waals surface area (Å²) in [6.45, 7) is 7.51. The molecule has 1 aliphatic rings. The average Bonchev–Trinajstić information content (AvgIpc) is 3.23. The third-order valence-corrected chi connectivity index (χ3v) is 6.27. The second-order valence-corrected chi connectivity index (χ2v) is 8.50. The van der Waals surface area contributed by atoms with Crippen molar-refractivity contribution in [3.63, 3.8) is 0 Å². The Balaban J connectivity index is 1.56. The smallest absolute Gasteiger partial charge is 0.224 e. The molecule has 7 nitrogen and oxygen atoms in total. The molecule has 168 valence electrons. The number of anilines is 1. The van der Waals surface area contributed by atoms with Crippen LogP contribution in [0.15, 0.2) is 24.3 Å². The van der Waals surface area contributed by atoms with Crippen LogP contribution in [0.25, 0.3) is 0 Å². The summed E-state index contributed by atoms with van der Waals surface area (Å²) < 4.78 is 17.6. The van der Waals surface area contributed by atoms with Gasteiger partial charge < -0.3 is 14.7 Å². The zero-order valence-corrected chi connectivity index (χ0v) is 19.0. The Bertz CT molecular complexity index is 865. The number of nitrogens with zero attached hydrogens (tertiary/aromatic N) is 5. The van der Waals surface area contributed by atoms with E-state index in [0.29, 0.717) is 51.4 Å². The standard InChI is InChI=1S/C22H30FN5O2S/c1-3-4-10-28(11-9-21(30)27-14-12-26(13-15-27)17(2)29)22-24-20(25-31-22)16-18-5-7-19(23)8-6-18/h5-8H,3-4,9-16H2,1-2H3. The predicted molar refractivity (Wildman–Crippen MR) is 120 cm³/mol. The second-order valence-electron chi connectivity index (χ2n) is 7.77. The van der Waals surface area contributed by atoms with Crippen LogP contribution in [-0.4, -0.2) is 70.2 Å². The molecule has 0 atom stereocenters. The summed E-state index contributed by atoms with van der Waals surface area (Å²) in [6.07, 6.45) is 3.03. The number of rotatable bonds is 9. The van der Waals surface area contributed by atoms with Crippen molar-refractivity contribution in [1.29, 1.82) is 0 Å². The third kappa shape index (κ3) is 6.72. The predicted octanol–water partition coefficient (Wildman–Crippen LogP) is 2.96. The topological polar surface area (TPSA) is 69.6 Å². The van der Waals surface area contributed by atoms with Gasteiger partial charge in [-0.15, -0.1) is 0 Å². The molecule has 1 saturated heterocycles. The first-order valence-corrected chi connectivity index (χ1v) is 11.6. The first-order valence-electron chi connectivity index (χ1n) is 10.8. The van der Waals surface area contributed by atoms with Crippen molar-refractivity contribution >= 4 is 28.5 Å². The molecule has 0 N–H and O–H groups in total. The minimum atomic E-state index is -0.256. The molecular weight excluding hydrogens is 417 g/mol. The molecule has 0 unspecified atom stereocenters. The first kappa shape index (κ1) is 23.1. The molecule has 2 amide bonds. The Morgan fingerprint density at radius 1 is 1.10 bits per heavy atom. The number of carbonyl (C=O) groups excluding carboxylic acids is 2. The summed E-state index contributed by atoms with van der Waals surface area (Å²) in [7, 11) is 0. The number of benzene rings is 1. The molecule has 1 aliphatic heterocycles. The van der Waals surface area contributed by atoms with E-state index in [0.717, 1.165) is 30.1 Å². The Kier molecular flexibility index (Phi) is 8.34. The zero-order valence-electron chi connectivity index (χ0n) is 18.2. The van der Waals surface area contributed by atoms with Gasteiger partial charge in [-0.2, -0.15) is 4.37 Å². The van der Waals surface area contributed by atoms with Gasteiger partial charge in [-0.1, -0.05) is 25.5 Å². The molecule has 31 heavy (non-hydrogen) atoms. The van der Waals surface area contributed by atoms with Crippen molar-refractivity contribution in [2.45, 2.75) is 39.5 Å². The van der Waals surface area contributed by atoms with Gasteiger partial charge in [-0.05, 0) is 24.1 Å². The van der Waals surface area contributed by atoms with Crippen LogP contribution in [0.2, 0.25) is 0 Å². The van der Waals surface area contributed by atoms with Crippen LogP contribution in [0.5, 0.6) is 0 Å². The van der Waals surface area contributed by atoms with Gasteiger partial charge in [0.2, 0.25) is 16.9 Å². The molecule has 0 radical (unpaired) electrons. The molecule has 0 saturated carbocycles. The van der Waals surface area contributed by atoms with Crippen molar-refractivity contribution in [3.8, 4) is 0 Å². The number of hydrogen-bond donors (Lipinski definition) is 0. The van der Waals surface area contributed by atoms with E-state index in [1.807, 2.05) is 4.90 Å². The quantitative estimate of drug-likeness (QED) is 0.591. The lowest BCUT2D eigenvalue weighted by Crippen LogP contribution is -2.50. The van der Waals surface area contributed by atoms with E-state index in [9.17, 15) is 14.0 Å². The van der Waals surface area contributed by atoms with Gasteiger partial charge in [0.15, 0.2) is 0 Å². The van der Waals surface area contributed by atoms with Crippen molar-refractivity contribution in [3.05, 3.63) is 41.5 Å². The maximum atomic E-state index is 13.1. The molecular formula is C22H30FN5O2S. The molecule has 1 fully saturated rings. The third-order valence-electron chi connectivity index (χ3n) is 5.46. The summed E-state index contributed by atoms with van der Waals surface area (Å²) in [4.78, 5) is 34.6. The number of hydrogen-bond acceptors (Lipinski definition) is 6. The molecule has 0 aliphatic carbocycles. The van der Waals surface area contributed by atoms with Crippen LogP contribution in [0.3, 0.4) is 0 Å². The van der Waals surface area contributed by atoms with Crippen LogP contribution in [-0.2, 0) is 16.0 Å². The molecule has 3 rings (SSSR count). The number of unbranched alkanes of at least 4 members (excludes halogenated alkanes) is 1. The highest BCUT2D eigenvalue weighted by molar-refractivity contribution is 7.09. The van der Waals surface area contributed by atoms with Crippen molar-refractivity contribution in [2.75, 3.05) is 44.2 Å². The highest BCUT2D eigenvalue weighted by atomic mass is 32.1. The molecule has 1 aromatic heterocycles. The van der Waals surface area contributed by atoms with E-state index < -0.39 is 0 Å². The van der Waals surface area contributed by atoms with Gasteiger partial charge in [0.25, 0.3) is 0 Å². The van der Waals surface area contributed by atoms with Crippen molar-refractivity contribution in [1.82, 2.24) is 19.2 Å². The highest BCUT2D eigenvalue weighted by Crippen LogP contribution is 2.20. The highest BCUT2D eigenvalue weighted by Gasteiger charge is 2.23. The van der Waals surface area contributed by atoms with E-state index in [1.54, 1.807) is 24.0 Å². The lowest BCUT2D eigenvalue weighted by Gasteiger charge is -2.34. The van der Waals surface area contributed by atoms with Crippen LogP contribution in [0.1, 0.15) is 44.5 Å². The Morgan fingerprint density at radius 2 is 1.77 bits per heavy atom. The van der Waals surface area contributed by atoms with Gasteiger partial charge in [-0.3, -0.25) is 9.59 Å². The Morgan fingerprint density at radius 3 is 2.42 bits per heavy atom. The Labute approximate surface area is 187 Å². The monoisotopic (exact) mass is 447 g/mol. The van der Waals surface area contributed by atoms with E-state index in [1.165, 1.54) is 23.7 Å². The molecule has 0 bridgehead atoms. The van der Waals surface area contributed by atoms with E-state index in [-0.39, 0.29) is 17.6 Å². The largest absolute Gasteiger partial charge is 0.346 e. The maximum absolute atomic E-state index is 13.1. The van der Waals surface area contributed by atoms with Crippen molar-refractivity contribution < 1.29 is 14.0 Å². The van der Waals surface area contributed by atoms with Crippen LogP contribution < -0.4 is 4.90 Å². The van der Waals surface area contributed by atoms with Crippen LogP contribution in [0, 0.1) is 5.82 Å². The van der Waals surface area contributed by atoms with Crippen LogP contribution in [0.4, 0.5) is 9.52 Å². The van der Waals surface area contributed by atoms with Gasteiger partial charge in [-0.25, -0.2) is 9.37 Å². The summed E-state index contributed by atoms with van der Waals surface area (Å²) in [5.41, 5.74) is 0.964. The van der Waals surface area contributed by atoms with Gasteiger partial charge in [0.1, 0.15) is 11.6 Å². The minimum Gasteiger partial charge on any atom is -0.346 e. The lowest BCUT2D eigenvalue weighted by atomic mass is 10.1. The van der Waals surface area contributed by atoms with Crippen LogP contribution >= 0.6 is 11.5 Å². The summed E-state index contributed by atoms with van der Waals surface area (Å²) in [6, 6.07) is 6.38. The van der Waals surface area contributed by atoms with E-state index in [4.69, 9.17) is 0 Å². The average molecular weight is 448 g/mol. The molecule has 2 heterocycles. The SMILES string of the molecule is CCCCN(CCC(=O)N1CCN(C(C)=O)CC1)c1nc(Cc2ccc(F)cc2)ns1. The summed E-state index contributed by atoms with van der Waals surface area (Å²) in [5.74, 6) is 0.625. The number of halogens is 1. The molecule has 0 spiro atoms. The summed E-state index contributed by atoms with van der Waals surface area (Å²) >= 11 is 1.34. The maximum Gasteiger partial charge on any atom is 0.224 e. The van der Waals surface area contributed by atoms with E-state index in [2.05, 4.69) is 21.2 Å². The molecule has 2 aromatic rings. The summed E-state index contributed by atoms with van der Waals surface area (Å²) in [5, 5.41) is 0.819. The number of aromatic nitrogens is 2. The lowest BCUT2D eigenvalue weighted by molar-refractivity contribution is -0.138. The normalized spacial score (nSPS) is 14.0. The van der Waals surface area contributed by atoms with Gasteiger partial charge in [0, 0.05) is 70.6 Å². The van der Waals surface area contributed by atoms with Crippen molar-refractivity contribution in [2.24, 2.45) is 0 Å². The van der Waals surface area contributed by atoms with Gasteiger partial charge >= 0.3 is 0 Å². The molecule has 9 heteroatoms. The fourth-order valence-corrected chi connectivity index (χ4v) is 4.28. The number of carbonyl (C=O) groups is 2.